The second-order valence-corrected chi connectivity index (χ2v) is 7.71. The fourth-order valence-electron chi connectivity index (χ4n) is 3.39. The normalized spacial score (nSPS) is 11.6. The van der Waals surface area contributed by atoms with E-state index < -0.39 is 29.6 Å². The Kier molecular flexibility index (Phi) is 7.50. The van der Waals surface area contributed by atoms with Crippen molar-refractivity contribution in [3.05, 3.63) is 64.8 Å². The third-order valence-electron chi connectivity index (χ3n) is 4.85. The Bertz CT molecular complexity index is 1210. The van der Waals surface area contributed by atoms with Crippen LogP contribution in [0.3, 0.4) is 0 Å². The topological polar surface area (TPSA) is 101 Å². The van der Waals surface area contributed by atoms with Gasteiger partial charge in [0, 0.05) is 41.5 Å². The van der Waals surface area contributed by atoms with E-state index in [4.69, 9.17) is 25.8 Å². The van der Waals surface area contributed by atoms with Gasteiger partial charge in [0.25, 0.3) is 0 Å². The van der Waals surface area contributed by atoms with Gasteiger partial charge in [-0.25, -0.2) is 0 Å². The number of halogens is 1. The lowest BCUT2D eigenvalue weighted by Crippen LogP contribution is -2.28. The van der Waals surface area contributed by atoms with Gasteiger partial charge in [-0.15, -0.1) is 0 Å². The second kappa shape index (κ2) is 10.3. The van der Waals surface area contributed by atoms with E-state index in [1.807, 2.05) is 0 Å². The predicted molar refractivity (Wildman–Crippen MR) is 121 cm³/mol. The molecule has 3 rings (SSSR count). The Balaban J connectivity index is 1.97. The Morgan fingerprint density at radius 2 is 1.67 bits per heavy atom. The van der Waals surface area contributed by atoms with E-state index in [2.05, 4.69) is 0 Å². The molecule has 0 aliphatic carbocycles. The Morgan fingerprint density at radius 3 is 2.27 bits per heavy atom. The number of nitrogens with zero attached hydrogens (tertiary/aromatic N) is 1. The maximum Gasteiger partial charge on any atom is 0.303 e. The van der Waals surface area contributed by atoms with Gasteiger partial charge in [0.15, 0.2) is 6.10 Å². The monoisotopic (exact) mass is 471 g/mol. The van der Waals surface area contributed by atoms with Crippen LogP contribution in [0.1, 0.15) is 34.6 Å². The minimum atomic E-state index is -0.794. The molecule has 1 heterocycles. The average molecular weight is 472 g/mol. The first kappa shape index (κ1) is 24.0. The summed E-state index contributed by atoms with van der Waals surface area (Å²) >= 11 is 6.15. The number of carbonyl (C=O) groups is 4. The van der Waals surface area contributed by atoms with Crippen molar-refractivity contribution in [2.24, 2.45) is 0 Å². The number of Topliss-reactive ketones (excluding diaryl/α,β-unsaturated/α-hetero) is 2. The van der Waals surface area contributed by atoms with Crippen LogP contribution in [0.4, 0.5) is 0 Å². The smallest absolute Gasteiger partial charge is 0.303 e. The Hall–Kier alpha value is -3.65. The SMILES string of the molecule is COc1ccc(C(=O)C(=O)c2cn(CC(COC(C)=O)OC(C)=O)c3ccc(Cl)cc23)cc1. The zero-order chi connectivity index (χ0) is 24.1. The number of ketones is 2. The highest BCUT2D eigenvalue weighted by atomic mass is 35.5. The number of rotatable bonds is 9. The molecule has 2 aromatic carbocycles. The summed E-state index contributed by atoms with van der Waals surface area (Å²) in [5.74, 6) is -1.90. The van der Waals surface area contributed by atoms with Gasteiger partial charge in [-0.2, -0.15) is 0 Å². The number of hydrogen-bond donors (Lipinski definition) is 0. The third-order valence-corrected chi connectivity index (χ3v) is 5.09. The van der Waals surface area contributed by atoms with Crippen LogP contribution in [-0.4, -0.2) is 47.9 Å². The first-order valence-electron chi connectivity index (χ1n) is 10.0. The Morgan fingerprint density at radius 1 is 0.970 bits per heavy atom. The molecule has 0 saturated heterocycles. The molecule has 0 aliphatic heterocycles. The van der Waals surface area contributed by atoms with E-state index in [-0.39, 0.29) is 24.3 Å². The molecule has 9 heteroatoms. The van der Waals surface area contributed by atoms with Crippen molar-refractivity contribution in [3.63, 3.8) is 0 Å². The lowest BCUT2D eigenvalue weighted by molar-refractivity contribution is -0.157. The van der Waals surface area contributed by atoms with Gasteiger partial charge in [-0.05, 0) is 42.5 Å². The first-order chi connectivity index (χ1) is 15.7. The van der Waals surface area contributed by atoms with E-state index >= 15 is 0 Å². The van der Waals surface area contributed by atoms with Gasteiger partial charge in [-0.1, -0.05) is 11.6 Å². The van der Waals surface area contributed by atoms with Crippen molar-refractivity contribution in [2.75, 3.05) is 13.7 Å². The van der Waals surface area contributed by atoms with Gasteiger partial charge in [0.1, 0.15) is 12.4 Å². The molecule has 0 amide bonds. The minimum Gasteiger partial charge on any atom is -0.497 e. The number of carbonyl (C=O) groups excluding carboxylic acids is 4. The molecule has 0 aliphatic rings. The molecule has 0 N–H and O–H groups in total. The van der Waals surface area contributed by atoms with Crippen molar-refractivity contribution in [1.29, 1.82) is 0 Å². The molecule has 1 atom stereocenters. The molecule has 0 spiro atoms. The molecule has 3 aromatic rings. The molecule has 33 heavy (non-hydrogen) atoms. The van der Waals surface area contributed by atoms with Crippen molar-refractivity contribution in [2.45, 2.75) is 26.5 Å². The summed E-state index contributed by atoms with van der Waals surface area (Å²) < 4.78 is 17.0. The average Bonchev–Trinajstić information content (AvgIpc) is 3.13. The van der Waals surface area contributed by atoms with Crippen LogP contribution in [0.2, 0.25) is 5.02 Å². The van der Waals surface area contributed by atoms with E-state index in [0.29, 0.717) is 21.7 Å². The summed E-state index contributed by atoms with van der Waals surface area (Å²) in [6.07, 6.45) is 0.715. The van der Waals surface area contributed by atoms with E-state index in [1.165, 1.54) is 39.3 Å². The fourth-order valence-corrected chi connectivity index (χ4v) is 3.56. The number of benzene rings is 2. The van der Waals surface area contributed by atoms with Gasteiger partial charge < -0.3 is 18.8 Å². The van der Waals surface area contributed by atoms with Gasteiger partial charge in [0.2, 0.25) is 11.6 Å². The first-order valence-corrected chi connectivity index (χ1v) is 10.4. The number of methoxy groups -OCH3 is 1. The fraction of sp³-hybridized carbons (Fsp3) is 0.250. The zero-order valence-electron chi connectivity index (χ0n) is 18.3. The van der Waals surface area contributed by atoms with Crippen molar-refractivity contribution >= 4 is 46.0 Å². The van der Waals surface area contributed by atoms with Gasteiger partial charge in [0.05, 0.1) is 19.2 Å². The summed E-state index contributed by atoms with van der Waals surface area (Å²) in [6, 6.07) is 11.2. The van der Waals surface area contributed by atoms with Crippen LogP contribution in [-0.2, 0) is 25.6 Å². The maximum atomic E-state index is 13.1. The predicted octanol–water partition coefficient (Wildman–Crippen LogP) is 3.86. The molecule has 0 bridgehead atoms. The van der Waals surface area contributed by atoms with Crippen LogP contribution >= 0.6 is 11.6 Å². The van der Waals surface area contributed by atoms with E-state index in [1.54, 1.807) is 34.9 Å². The van der Waals surface area contributed by atoms with Crippen LogP contribution < -0.4 is 4.74 Å². The minimum absolute atomic E-state index is 0.0923. The summed E-state index contributed by atoms with van der Waals surface area (Å²) in [4.78, 5) is 48.7. The lowest BCUT2D eigenvalue weighted by Gasteiger charge is -2.18. The highest BCUT2D eigenvalue weighted by Crippen LogP contribution is 2.27. The quantitative estimate of drug-likeness (QED) is 0.265. The zero-order valence-corrected chi connectivity index (χ0v) is 19.0. The van der Waals surface area contributed by atoms with E-state index in [0.717, 1.165) is 0 Å². The molecule has 0 fully saturated rings. The number of esters is 2. The number of ether oxygens (including phenoxy) is 3. The highest BCUT2D eigenvalue weighted by Gasteiger charge is 2.25. The van der Waals surface area contributed by atoms with Crippen LogP contribution in [0.25, 0.3) is 10.9 Å². The second-order valence-electron chi connectivity index (χ2n) is 7.28. The van der Waals surface area contributed by atoms with Crippen LogP contribution in [0, 0.1) is 0 Å². The summed E-state index contributed by atoms with van der Waals surface area (Å²) in [7, 11) is 1.51. The largest absolute Gasteiger partial charge is 0.497 e. The molecule has 172 valence electrons. The standard InChI is InChI=1S/C24H22ClNO7/c1-14(27)32-13-19(33-15(2)28)11-26-12-21(20-10-17(25)6-9-22(20)26)24(30)23(29)16-4-7-18(31-3)8-5-16/h4-10,12,19H,11,13H2,1-3H3. The van der Waals surface area contributed by atoms with E-state index in [9.17, 15) is 19.2 Å². The molecule has 1 unspecified atom stereocenters. The lowest BCUT2D eigenvalue weighted by atomic mass is 10.0. The van der Waals surface area contributed by atoms with Crippen LogP contribution in [0.5, 0.6) is 5.75 Å². The molecule has 0 saturated carbocycles. The maximum absolute atomic E-state index is 13.1. The third kappa shape index (κ3) is 5.78. The Labute approximate surface area is 195 Å². The van der Waals surface area contributed by atoms with Crippen molar-refractivity contribution < 1.29 is 33.4 Å². The van der Waals surface area contributed by atoms with Crippen molar-refractivity contribution in [1.82, 2.24) is 4.57 Å². The molecule has 0 radical (unpaired) electrons. The van der Waals surface area contributed by atoms with Crippen LogP contribution in [0.15, 0.2) is 48.7 Å². The summed E-state index contributed by atoms with van der Waals surface area (Å²) in [5.41, 5.74) is 0.976. The molecular formula is C24H22ClNO7. The summed E-state index contributed by atoms with van der Waals surface area (Å²) in [6.45, 7) is 2.43. The van der Waals surface area contributed by atoms with Gasteiger partial charge in [-0.3, -0.25) is 19.2 Å². The highest BCUT2D eigenvalue weighted by molar-refractivity contribution is 6.51. The molecular weight excluding hydrogens is 450 g/mol. The van der Waals surface area contributed by atoms with Crippen molar-refractivity contribution in [3.8, 4) is 5.75 Å². The summed E-state index contributed by atoms with van der Waals surface area (Å²) in [5, 5.41) is 0.867. The number of fused-ring (bicyclic) bond motifs is 1. The number of aromatic nitrogens is 1. The van der Waals surface area contributed by atoms with Gasteiger partial charge >= 0.3 is 11.9 Å². The molecule has 1 aromatic heterocycles. The number of hydrogen-bond acceptors (Lipinski definition) is 7. The molecule has 8 nitrogen and oxygen atoms in total.